The van der Waals surface area contributed by atoms with E-state index in [4.69, 9.17) is 0 Å². The van der Waals surface area contributed by atoms with Gasteiger partial charge in [0.25, 0.3) is 5.91 Å². The van der Waals surface area contributed by atoms with Gasteiger partial charge < -0.3 is 15.5 Å². The molecule has 2 aromatic rings. The summed E-state index contributed by atoms with van der Waals surface area (Å²) in [6.45, 7) is 9.79. The summed E-state index contributed by atoms with van der Waals surface area (Å²) < 4.78 is 0. The molecule has 0 radical (unpaired) electrons. The first kappa shape index (κ1) is 21.5. The van der Waals surface area contributed by atoms with E-state index in [2.05, 4.69) is 24.5 Å². The molecule has 0 saturated carbocycles. The number of nitrogens with one attached hydrogen (secondary N) is 2. The molecule has 0 saturated heterocycles. The van der Waals surface area contributed by atoms with E-state index in [-0.39, 0.29) is 18.4 Å². The fourth-order valence-electron chi connectivity index (χ4n) is 3.13. The number of hydrogen-bond donors (Lipinski definition) is 2. The van der Waals surface area contributed by atoms with Gasteiger partial charge in [0.05, 0.1) is 6.54 Å². The van der Waals surface area contributed by atoms with Crippen LogP contribution in [-0.4, -0.2) is 36.3 Å². The molecule has 5 nitrogen and oxygen atoms in total. The number of amides is 2. The molecular weight excluding hydrogens is 350 g/mol. The summed E-state index contributed by atoms with van der Waals surface area (Å²) in [6, 6.07) is 13.3. The van der Waals surface area contributed by atoms with Gasteiger partial charge in [-0.05, 0) is 56.5 Å². The molecule has 0 fully saturated rings. The fourth-order valence-corrected chi connectivity index (χ4v) is 3.13. The molecule has 0 spiro atoms. The topological polar surface area (TPSA) is 61.4 Å². The fraction of sp³-hybridized carbons (Fsp3) is 0.391. The first-order valence-electron chi connectivity index (χ1n) is 9.95. The predicted molar refractivity (Wildman–Crippen MR) is 116 cm³/mol. The van der Waals surface area contributed by atoms with Crippen LogP contribution in [0.15, 0.2) is 42.5 Å². The highest BCUT2D eigenvalue weighted by atomic mass is 16.2. The first-order valence-corrected chi connectivity index (χ1v) is 9.95. The molecule has 2 rings (SSSR count). The molecule has 28 heavy (non-hydrogen) atoms. The average Bonchev–Trinajstić information content (AvgIpc) is 2.68. The number of benzene rings is 2. The van der Waals surface area contributed by atoms with E-state index in [1.54, 1.807) is 0 Å². The highest BCUT2D eigenvalue weighted by molar-refractivity contribution is 5.96. The molecule has 0 aliphatic carbocycles. The lowest BCUT2D eigenvalue weighted by atomic mass is 10.1. The second-order valence-corrected chi connectivity index (χ2v) is 7.09. The molecular formula is C23H31N3O2. The SMILES string of the molecule is CCCN(CCC)C(=O)c1cccc(NCC(=O)Nc2ccc(C)cc2C)c1. The maximum absolute atomic E-state index is 12.7. The zero-order valence-electron chi connectivity index (χ0n) is 17.3. The number of carbonyl (C=O) groups excluding carboxylic acids is 2. The van der Waals surface area contributed by atoms with Crippen LogP contribution in [-0.2, 0) is 4.79 Å². The van der Waals surface area contributed by atoms with E-state index < -0.39 is 0 Å². The van der Waals surface area contributed by atoms with Gasteiger partial charge in [-0.1, -0.05) is 37.6 Å². The summed E-state index contributed by atoms with van der Waals surface area (Å²) in [5.41, 5.74) is 4.41. The number of anilines is 2. The third kappa shape index (κ3) is 6.12. The van der Waals surface area contributed by atoms with Crippen LogP contribution in [0.5, 0.6) is 0 Å². The lowest BCUT2D eigenvalue weighted by molar-refractivity contribution is -0.114. The van der Waals surface area contributed by atoms with Gasteiger partial charge in [-0.2, -0.15) is 0 Å². The Balaban J connectivity index is 1.98. The number of hydrogen-bond acceptors (Lipinski definition) is 3. The van der Waals surface area contributed by atoms with Gasteiger partial charge >= 0.3 is 0 Å². The molecule has 0 heterocycles. The van der Waals surface area contributed by atoms with Gasteiger partial charge in [-0.3, -0.25) is 9.59 Å². The van der Waals surface area contributed by atoms with E-state index in [9.17, 15) is 9.59 Å². The van der Waals surface area contributed by atoms with Crippen molar-refractivity contribution in [3.05, 3.63) is 59.2 Å². The predicted octanol–water partition coefficient (Wildman–Crippen LogP) is 4.62. The van der Waals surface area contributed by atoms with Crippen LogP contribution in [0, 0.1) is 13.8 Å². The Morgan fingerprint density at radius 2 is 1.68 bits per heavy atom. The van der Waals surface area contributed by atoms with Gasteiger partial charge in [0.2, 0.25) is 5.91 Å². The Hall–Kier alpha value is -2.82. The summed E-state index contributed by atoms with van der Waals surface area (Å²) >= 11 is 0. The standard InChI is InChI=1S/C23H31N3O2/c1-5-12-26(13-6-2)23(28)19-8-7-9-20(15-19)24-16-22(27)25-21-11-10-17(3)14-18(21)4/h7-11,14-15,24H,5-6,12-13,16H2,1-4H3,(H,25,27). The van der Waals surface area contributed by atoms with E-state index in [0.717, 1.165) is 48.4 Å². The Labute approximate surface area is 168 Å². The van der Waals surface area contributed by atoms with Crippen molar-refractivity contribution in [2.45, 2.75) is 40.5 Å². The van der Waals surface area contributed by atoms with Gasteiger partial charge in [0.15, 0.2) is 0 Å². The maximum atomic E-state index is 12.7. The Kier molecular flexibility index (Phi) is 8.05. The Bertz CT molecular complexity index is 811. The Morgan fingerprint density at radius 1 is 0.964 bits per heavy atom. The van der Waals surface area contributed by atoms with Crippen LogP contribution < -0.4 is 10.6 Å². The van der Waals surface area contributed by atoms with E-state index in [0.29, 0.717) is 5.56 Å². The zero-order valence-corrected chi connectivity index (χ0v) is 17.3. The lowest BCUT2D eigenvalue weighted by Crippen LogP contribution is -2.32. The summed E-state index contributed by atoms with van der Waals surface area (Å²) in [5.74, 6) is -0.0886. The van der Waals surface area contributed by atoms with Crippen LogP contribution in [0.1, 0.15) is 48.2 Å². The Morgan fingerprint density at radius 3 is 2.32 bits per heavy atom. The van der Waals surface area contributed by atoms with E-state index >= 15 is 0 Å². The summed E-state index contributed by atoms with van der Waals surface area (Å²) in [7, 11) is 0. The highest BCUT2D eigenvalue weighted by Crippen LogP contribution is 2.16. The molecule has 0 atom stereocenters. The largest absolute Gasteiger partial charge is 0.376 e. The van der Waals surface area contributed by atoms with Crippen molar-refractivity contribution in [3.63, 3.8) is 0 Å². The lowest BCUT2D eigenvalue weighted by Gasteiger charge is -2.21. The van der Waals surface area contributed by atoms with E-state index in [1.807, 2.05) is 61.2 Å². The van der Waals surface area contributed by atoms with Crippen LogP contribution >= 0.6 is 0 Å². The number of aryl methyl sites for hydroxylation is 2. The van der Waals surface area contributed by atoms with Crippen molar-refractivity contribution in [1.82, 2.24) is 4.90 Å². The maximum Gasteiger partial charge on any atom is 0.253 e. The number of nitrogens with zero attached hydrogens (tertiary/aromatic N) is 1. The smallest absolute Gasteiger partial charge is 0.253 e. The third-order valence-electron chi connectivity index (χ3n) is 4.49. The third-order valence-corrected chi connectivity index (χ3v) is 4.49. The average molecular weight is 382 g/mol. The number of rotatable bonds is 9. The van der Waals surface area contributed by atoms with Gasteiger partial charge in [0.1, 0.15) is 0 Å². The molecule has 2 N–H and O–H groups in total. The van der Waals surface area contributed by atoms with Crippen LogP contribution in [0.3, 0.4) is 0 Å². The monoisotopic (exact) mass is 381 g/mol. The first-order chi connectivity index (χ1) is 13.4. The second-order valence-electron chi connectivity index (χ2n) is 7.09. The molecule has 0 aliphatic heterocycles. The molecule has 2 amide bonds. The van der Waals surface area contributed by atoms with Crippen molar-refractivity contribution in [3.8, 4) is 0 Å². The van der Waals surface area contributed by atoms with Crippen molar-refractivity contribution < 1.29 is 9.59 Å². The minimum absolute atomic E-state index is 0.0343. The van der Waals surface area contributed by atoms with E-state index in [1.165, 1.54) is 0 Å². The van der Waals surface area contributed by atoms with Gasteiger partial charge in [-0.15, -0.1) is 0 Å². The molecule has 0 aromatic heterocycles. The minimum atomic E-state index is -0.123. The zero-order chi connectivity index (χ0) is 20.5. The van der Waals surface area contributed by atoms with Crippen molar-refractivity contribution in [1.29, 1.82) is 0 Å². The summed E-state index contributed by atoms with van der Waals surface area (Å²) in [4.78, 5) is 26.9. The second kappa shape index (κ2) is 10.5. The van der Waals surface area contributed by atoms with Crippen LogP contribution in [0.2, 0.25) is 0 Å². The van der Waals surface area contributed by atoms with Gasteiger partial charge in [-0.25, -0.2) is 0 Å². The van der Waals surface area contributed by atoms with Crippen LogP contribution in [0.4, 0.5) is 11.4 Å². The number of carbonyl (C=O) groups is 2. The molecule has 0 bridgehead atoms. The van der Waals surface area contributed by atoms with Crippen molar-refractivity contribution in [2.75, 3.05) is 30.3 Å². The molecule has 0 unspecified atom stereocenters. The summed E-state index contributed by atoms with van der Waals surface area (Å²) in [5, 5.41) is 6.03. The molecule has 2 aromatic carbocycles. The quantitative estimate of drug-likeness (QED) is 0.666. The molecule has 0 aliphatic rings. The van der Waals surface area contributed by atoms with Crippen LogP contribution in [0.25, 0.3) is 0 Å². The minimum Gasteiger partial charge on any atom is -0.376 e. The van der Waals surface area contributed by atoms with Crippen molar-refractivity contribution >= 4 is 23.2 Å². The van der Waals surface area contributed by atoms with Gasteiger partial charge in [0, 0.05) is 30.0 Å². The summed E-state index contributed by atoms with van der Waals surface area (Å²) in [6.07, 6.45) is 1.87. The molecule has 5 heteroatoms. The highest BCUT2D eigenvalue weighted by Gasteiger charge is 2.14. The van der Waals surface area contributed by atoms with Crippen molar-refractivity contribution in [2.24, 2.45) is 0 Å². The normalized spacial score (nSPS) is 10.4. The molecule has 150 valence electrons.